The molecule has 4 heteroatoms. The summed E-state index contributed by atoms with van der Waals surface area (Å²) in [6.07, 6.45) is 1.18. The van der Waals surface area contributed by atoms with Gasteiger partial charge in [-0.05, 0) is 43.5 Å². The second-order valence-corrected chi connectivity index (χ2v) is 7.93. The fourth-order valence-electron chi connectivity index (χ4n) is 4.97. The van der Waals surface area contributed by atoms with Crippen LogP contribution in [-0.4, -0.2) is 59.2 Å². The van der Waals surface area contributed by atoms with Crippen LogP contribution in [0.3, 0.4) is 0 Å². The molecule has 2 atom stereocenters. The normalized spacial score (nSPS) is 26.8. The minimum absolute atomic E-state index is 0.229. The predicted molar refractivity (Wildman–Crippen MR) is 104 cm³/mol. The van der Waals surface area contributed by atoms with Gasteiger partial charge in [0.1, 0.15) is 0 Å². The molecule has 2 aliphatic rings. The van der Waals surface area contributed by atoms with Gasteiger partial charge in [-0.2, -0.15) is 0 Å². The Labute approximate surface area is 156 Å². The Bertz CT molecular complexity index is 735. The smallest absolute Gasteiger partial charge is 0.0558 e. The SMILES string of the molecule is Cc1cccc(CN2CC[C@@]3(c4ccccc4)CN(CCO)C[C@H]3C2)n1. The average molecular weight is 351 g/mol. The topological polar surface area (TPSA) is 39.6 Å². The van der Waals surface area contributed by atoms with Gasteiger partial charge in [0.15, 0.2) is 0 Å². The van der Waals surface area contributed by atoms with Crippen molar-refractivity contribution in [1.82, 2.24) is 14.8 Å². The second kappa shape index (κ2) is 7.47. The van der Waals surface area contributed by atoms with Crippen molar-refractivity contribution < 1.29 is 5.11 Å². The number of aliphatic hydroxyl groups excluding tert-OH is 1. The number of benzene rings is 1. The molecule has 0 bridgehead atoms. The molecule has 138 valence electrons. The van der Waals surface area contributed by atoms with Crippen molar-refractivity contribution in [3.05, 3.63) is 65.5 Å². The van der Waals surface area contributed by atoms with Gasteiger partial charge in [0.25, 0.3) is 0 Å². The van der Waals surface area contributed by atoms with Crippen LogP contribution < -0.4 is 0 Å². The lowest BCUT2D eigenvalue weighted by Gasteiger charge is -2.44. The Hall–Kier alpha value is -1.75. The summed E-state index contributed by atoms with van der Waals surface area (Å²) in [5.41, 5.74) is 3.96. The van der Waals surface area contributed by atoms with E-state index >= 15 is 0 Å². The molecule has 2 aromatic rings. The van der Waals surface area contributed by atoms with Crippen molar-refractivity contribution in [2.75, 3.05) is 39.3 Å². The maximum atomic E-state index is 9.43. The minimum atomic E-state index is 0.229. The number of fused-ring (bicyclic) bond motifs is 1. The highest BCUT2D eigenvalue weighted by Gasteiger charge is 2.49. The van der Waals surface area contributed by atoms with Crippen LogP contribution in [0, 0.1) is 12.8 Å². The Morgan fingerprint density at radius 2 is 1.88 bits per heavy atom. The highest BCUT2D eigenvalue weighted by Crippen LogP contribution is 2.45. The van der Waals surface area contributed by atoms with E-state index in [1.165, 1.54) is 17.7 Å². The summed E-state index contributed by atoms with van der Waals surface area (Å²) in [5, 5.41) is 9.43. The van der Waals surface area contributed by atoms with Gasteiger partial charge in [0.05, 0.1) is 12.3 Å². The molecule has 0 aliphatic carbocycles. The molecule has 2 fully saturated rings. The van der Waals surface area contributed by atoms with E-state index in [1.54, 1.807) is 0 Å². The summed E-state index contributed by atoms with van der Waals surface area (Å²) in [7, 11) is 0. The molecule has 26 heavy (non-hydrogen) atoms. The van der Waals surface area contributed by atoms with Crippen LogP contribution in [0.1, 0.15) is 23.4 Å². The van der Waals surface area contributed by atoms with Gasteiger partial charge in [0, 0.05) is 43.8 Å². The number of aryl methyl sites for hydroxylation is 1. The third-order valence-electron chi connectivity index (χ3n) is 6.22. The first-order valence-corrected chi connectivity index (χ1v) is 9.73. The summed E-state index contributed by atoms with van der Waals surface area (Å²) < 4.78 is 0. The van der Waals surface area contributed by atoms with E-state index in [0.717, 1.165) is 45.0 Å². The fraction of sp³-hybridized carbons (Fsp3) is 0.500. The fourth-order valence-corrected chi connectivity index (χ4v) is 4.97. The van der Waals surface area contributed by atoms with Crippen LogP contribution in [0.4, 0.5) is 0 Å². The molecule has 2 saturated heterocycles. The molecule has 0 unspecified atom stereocenters. The van der Waals surface area contributed by atoms with Crippen molar-refractivity contribution in [1.29, 1.82) is 0 Å². The van der Waals surface area contributed by atoms with Gasteiger partial charge in [0.2, 0.25) is 0 Å². The largest absolute Gasteiger partial charge is 0.395 e. The van der Waals surface area contributed by atoms with Gasteiger partial charge < -0.3 is 5.11 Å². The molecule has 0 saturated carbocycles. The maximum absolute atomic E-state index is 9.43. The first-order chi connectivity index (χ1) is 12.7. The number of β-amino-alcohol motifs (C(OH)–C–C–N with tert-alkyl or cyclic N) is 1. The number of nitrogens with zero attached hydrogens (tertiary/aromatic N) is 3. The lowest BCUT2D eigenvalue weighted by atomic mass is 9.68. The zero-order valence-corrected chi connectivity index (χ0v) is 15.6. The molecule has 4 rings (SSSR count). The summed E-state index contributed by atoms with van der Waals surface area (Å²) in [4.78, 5) is 9.70. The standard InChI is InChI=1S/C22H29N3O/c1-18-6-5-9-21(23-18)16-24-11-10-22(19-7-3-2-4-8-19)17-25(12-13-26)15-20(22)14-24/h2-9,20,26H,10-17H2,1H3/t20-,22+/m1/s1. The number of likely N-dealkylation sites (tertiary alicyclic amines) is 2. The number of aromatic nitrogens is 1. The van der Waals surface area contributed by atoms with E-state index in [0.29, 0.717) is 5.92 Å². The number of aliphatic hydroxyl groups is 1. The molecule has 0 amide bonds. The molecule has 0 radical (unpaired) electrons. The van der Waals surface area contributed by atoms with Crippen LogP contribution in [0.5, 0.6) is 0 Å². The predicted octanol–water partition coefficient (Wildman–Crippen LogP) is 2.46. The Balaban J connectivity index is 1.54. The van der Waals surface area contributed by atoms with Crippen molar-refractivity contribution in [2.45, 2.75) is 25.3 Å². The maximum Gasteiger partial charge on any atom is 0.0558 e. The van der Waals surface area contributed by atoms with E-state index in [1.807, 2.05) is 0 Å². The quantitative estimate of drug-likeness (QED) is 0.898. The second-order valence-electron chi connectivity index (χ2n) is 7.93. The number of piperidine rings is 1. The third-order valence-corrected chi connectivity index (χ3v) is 6.22. The summed E-state index contributed by atoms with van der Waals surface area (Å²) >= 11 is 0. The van der Waals surface area contributed by atoms with Gasteiger partial charge >= 0.3 is 0 Å². The van der Waals surface area contributed by atoms with Crippen LogP contribution in [-0.2, 0) is 12.0 Å². The van der Waals surface area contributed by atoms with Gasteiger partial charge in [-0.3, -0.25) is 14.8 Å². The van der Waals surface area contributed by atoms with Gasteiger partial charge in [-0.25, -0.2) is 0 Å². The molecule has 4 nitrogen and oxygen atoms in total. The van der Waals surface area contributed by atoms with E-state index in [9.17, 15) is 5.11 Å². The summed E-state index contributed by atoms with van der Waals surface area (Å²) in [6, 6.07) is 17.3. The Morgan fingerprint density at radius 3 is 2.65 bits per heavy atom. The lowest BCUT2D eigenvalue weighted by molar-refractivity contribution is 0.116. The average Bonchev–Trinajstić information content (AvgIpc) is 3.01. The first-order valence-electron chi connectivity index (χ1n) is 9.73. The highest BCUT2D eigenvalue weighted by atomic mass is 16.3. The highest BCUT2D eigenvalue weighted by molar-refractivity contribution is 5.30. The van der Waals surface area contributed by atoms with E-state index in [-0.39, 0.29) is 12.0 Å². The lowest BCUT2D eigenvalue weighted by Crippen LogP contribution is -2.49. The summed E-state index contributed by atoms with van der Waals surface area (Å²) in [6.45, 7) is 8.37. The monoisotopic (exact) mass is 351 g/mol. The van der Waals surface area contributed by atoms with Crippen molar-refractivity contribution >= 4 is 0 Å². The van der Waals surface area contributed by atoms with E-state index < -0.39 is 0 Å². The Morgan fingerprint density at radius 1 is 1.08 bits per heavy atom. The zero-order valence-electron chi connectivity index (χ0n) is 15.6. The van der Waals surface area contributed by atoms with Gasteiger partial charge in [-0.1, -0.05) is 36.4 Å². The number of rotatable bonds is 5. The molecule has 2 aliphatic heterocycles. The zero-order chi connectivity index (χ0) is 18.0. The van der Waals surface area contributed by atoms with Gasteiger partial charge in [-0.15, -0.1) is 0 Å². The van der Waals surface area contributed by atoms with Crippen molar-refractivity contribution in [3.63, 3.8) is 0 Å². The van der Waals surface area contributed by atoms with Crippen LogP contribution in [0.15, 0.2) is 48.5 Å². The molecular weight excluding hydrogens is 322 g/mol. The first kappa shape index (κ1) is 17.7. The molecule has 1 aromatic heterocycles. The Kier molecular flexibility index (Phi) is 5.07. The minimum Gasteiger partial charge on any atom is -0.395 e. The van der Waals surface area contributed by atoms with Crippen LogP contribution >= 0.6 is 0 Å². The van der Waals surface area contributed by atoms with E-state index in [4.69, 9.17) is 0 Å². The third kappa shape index (κ3) is 3.41. The van der Waals surface area contributed by atoms with Crippen LogP contribution in [0.2, 0.25) is 0 Å². The van der Waals surface area contributed by atoms with Crippen LogP contribution in [0.25, 0.3) is 0 Å². The number of hydrogen-bond acceptors (Lipinski definition) is 4. The number of pyridine rings is 1. The van der Waals surface area contributed by atoms with Crippen molar-refractivity contribution in [2.24, 2.45) is 5.92 Å². The van der Waals surface area contributed by atoms with E-state index in [2.05, 4.69) is 70.2 Å². The molecule has 0 spiro atoms. The molecule has 1 N–H and O–H groups in total. The van der Waals surface area contributed by atoms with Crippen molar-refractivity contribution in [3.8, 4) is 0 Å². The molecule has 1 aromatic carbocycles. The summed E-state index contributed by atoms with van der Waals surface area (Å²) in [5.74, 6) is 0.606. The molecule has 3 heterocycles. The number of hydrogen-bond donors (Lipinski definition) is 1. The molecular formula is C22H29N3O.